The molecule has 0 unspecified atom stereocenters. The lowest BCUT2D eigenvalue weighted by molar-refractivity contribution is 0.0927. The van der Waals surface area contributed by atoms with Crippen LogP contribution in [0.1, 0.15) is 48.9 Å². The second kappa shape index (κ2) is 7.06. The van der Waals surface area contributed by atoms with Crippen molar-refractivity contribution in [3.05, 3.63) is 17.5 Å². The van der Waals surface area contributed by atoms with Crippen molar-refractivity contribution in [1.29, 1.82) is 5.26 Å². The summed E-state index contributed by atoms with van der Waals surface area (Å²) in [5.74, 6) is 0.439. The van der Waals surface area contributed by atoms with Crippen LogP contribution < -0.4 is 5.32 Å². The van der Waals surface area contributed by atoms with E-state index < -0.39 is 0 Å². The van der Waals surface area contributed by atoms with Crippen LogP contribution in [-0.4, -0.2) is 35.1 Å². The van der Waals surface area contributed by atoms with Crippen LogP contribution in [0.3, 0.4) is 0 Å². The van der Waals surface area contributed by atoms with Crippen molar-refractivity contribution in [2.75, 3.05) is 13.1 Å². The zero-order chi connectivity index (χ0) is 14.4. The maximum absolute atomic E-state index is 12.0. The van der Waals surface area contributed by atoms with E-state index in [-0.39, 0.29) is 17.6 Å². The van der Waals surface area contributed by atoms with Crippen molar-refractivity contribution >= 4 is 5.91 Å². The molecule has 1 N–H and O–H groups in total. The second-order valence-corrected chi connectivity index (χ2v) is 5.10. The van der Waals surface area contributed by atoms with Crippen LogP contribution in [-0.2, 0) is 6.54 Å². The van der Waals surface area contributed by atoms with Crippen LogP contribution in [0, 0.1) is 11.3 Å². The van der Waals surface area contributed by atoms with Crippen LogP contribution in [0.5, 0.6) is 0 Å². The number of rotatable bonds is 6. The number of likely N-dealkylation sites (tertiary alicyclic amines) is 1. The molecule has 1 saturated heterocycles. The molecule has 6 nitrogen and oxygen atoms in total. The summed E-state index contributed by atoms with van der Waals surface area (Å²) in [6.07, 6.45) is 3.46. The van der Waals surface area contributed by atoms with Gasteiger partial charge in [-0.05, 0) is 32.4 Å². The molecule has 1 fully saturated rings. The molecule has 108 valence electrons. The fourth-order valence-electron chi connectivity index (χ4n) is 2.32. The molecule has 1 aromatic rings. The molecule has 1 aliphatic rings. The third kappa shape index (κ3) is 3.81. The number of hydrogen-bond donors (Lipinski definition) is 1. The first kappa shape index (κ1) is 14.5. The van der Waals surface area contributed by atoms with Gasteiger partial charge in [0, 0.05) is 12.1 Å². The number of aromatic nitrogens is 1. The van der Waals surface area contributed by atoms with Gasteiger partial charge in [0.2, 0.25) is 0 Å². The van der Waals surface area contributed by atoms with Gasteiger partial charge in [0.15, 0.2) is 11.5 Å². The molecule has 0 radical (unpaired) electrons. The average Bonchev–Trinajstić information content (AvgIpc) is 3.10. The Morgan fingerprint density at radius 3 is 3.00 bits per heavy atom. The third-order valence-electron chi connectivity index (χ3n) is 3.54. The summed E-state index contributed by atoms with van der Waals surface area (Å²) < 4.78 is 5.21. The van der Waals surface area contributed by atoms with Gasteiger partial charge in [-0.2, -0.15) is 5.26 Å². The zero-order valence-electron chi connectivity index (χ0n) is 11.8. The minimum Gasteiger partial charge on any atom is -0.359 e. The van der Waals surface area contributed by atoms with Gasteiger partial charge in [-0.25, -0.2) is 0 Å². The number of nitrogens with zero attached hydrogens (tertiary/aromatic N) is 3. The van der Waals surface area contributed by atoms with Crippen molar-refractivity contribution < 1.29 is 9.32 Å². The highest BCUT2D eigenvalue weighted by atomic mass is 16.5. The van der Waals surface area contributed by atoms with Gasteiger partial charge in [0.05, 0.1) is 19.0 Å². The van der Waals surface area contributed by atoms with Gasteiger partial charge in [-0.3, -0.25) is 9.69 Å². The van der Waals surface area contributed by atoms with Gasteiger partial charge < -0.3 is 9.84 Å². The maximum Gasteiger partial charge on any atom is 0.273 e. The molecule has 0 spiro atoms. The van der Waals surface area contributed by atoms with E-state index >= 15 is 0 Å². The Bertz CT molecular complexity index is 486. The molecule has 0 aromatic carbocycles. The standard InChI is InChI=1S/C14H20N4O2/c1-2-11(5-6-15)16-14(19)13-9-12(20-17-13)10-18-7-3-4-8-18/h9,11H,2-5,7-8,10H2,1H3,(H,16,19)/t11-/m1/s1. The van der Waals surface area contributed by atoms with Crippen LogP contribution >= 0.6 is 0 Å². The predicted octanol–water partition coefficient (Wildman–Crippen LogP) is 1.69. The van der Waals surface area contributed by atoms with Gasteiger partial charge in [0.25, 0.3) is 5.91 Å². The lowest BCUT2D eigenvalue weighted by Gasteiger charge is -2.11. The lowest BCUT2D eigenvalue weighted by atomic mass is 10.1. The second-order valence-electron chi connectivity index (χ2n) is 5.10. The number of nitrogens with one attached hydrogen (secondary N) is 1. The Hall–Kier alpha value is -1.87. The highest BCUT2D eigenvalue weighted by Crippen LogP contribution is 2.13. The number of amides is 1. The maximum atomic E-state index is 12.0. The van der Waals surface area contributed by atoms with Crippen molar-refractivity contribution in [3.8, 4) is 6.07 Å². The topological polar surface area (TPSA) is 82.2 Å². The summed E-state index contributed by atoms with van der Waals surface area (Å²) >= 11 is 0. The van der Waals surface area contributed by atoms with Gasteiger partial charge >= 0.3 is 0 Å². The fourth-order valence-corrected chi connectivity index (χ4v) is 2.32. The Kier molecular flexibility index (Phi) is 5.13. The fraction of sp³-hybridized carbons (Fsp3) is 0.643. The summed E-state index contributed by atoms with van der Waals surface area (Å²) in [6, 6.07) is 3.62. The predicted molar refractivity (Wildman–Crippen MR) is 72.8 cm³/mol. The van der Waals surface area contributed by atoms with E-state index in [9.17, 15) is 4.79 Å². The molecule has 1 amide bonds. The molecular formula is C14H20N4O2. The van der Waals surface area contributed by atoms with E-state index in [0.29, 0.717) is 18.7 Å². The summed E-state index contributed by atoms with van der Waals surface area (Å²) in [7, 11) is 0. The van der Waals surface area contributed by atoms with E-state index in [1.165, 1.54) is 12.8 Å². The Balaban J connectivity index is 1.90. The highest BCUT2D eigenvalue weighted by molar-refractivity contribution is 5.92. The monoisotopic (exact) mass is 276 g/mol. The molecular weight excluding hydrogens is 256 g/mol. The molecule has 1 atom stereocenters. The number of carbonyl (C=O) groups excluding carboxylic acids is 1. The van der Waals surface area contributed by atoms with Crippen LogP contribution in [0.25, 0.3) is 0 Å². The third-order valence-corrected chi connectivity index (χ3v) is 3.54. The molecule has 2 heterocycles. The quantitative estimate of drug-likeness (QED) is 0.855. The molecule has 1 aromatic heterocycles. The normalized spacial score (nSPS) is 16.8. The van der Waals surface area contributed by atoms with E-state index in [0.717, 1.165) is 19.5 Å². The van der Waals surface area contributed by atoms with E-state index in [1.54, 1.807) is 6.07 Å². The first-order valence-corrected chi connectivity index (χ1v) is 7.08. The smallest absolute Gasteiger partial charge is 0.273 e. The largest absolute Gasteiger partial charge is 0.359 e. The van der Waals surface area contributed by atoms with Crippen molar-refractivity contribution in [2.45, 2.75) is 45.2 Å². The molecule has 2 rings (SSSR count). The molecule has 0 bridgehead atoms. The van der Waals surface area contributed by atoms with E-state index in [2.05, 4.69) is 21.4 Å². The number of nitriles is 1. The van der Waals surface area contributed by atoms with Crippen molar-refractivity contribution in [2.24, 2.45) is 0 Å². The molecule has 1 aliphatic heterocycles. The van der Waals surface area contributed by atoms with Gasteiger partial charge in [-0.15, -0.1) is 0 Å². The summed E-state index contributed by atoms with van der Waals surface area (Å²) in [6.45, 7) is 4.78. The first-order chi connectivity index (χ1) is 9.72. The highest BCUT2D eigenvalue weighted by Gasteiger charge is 2.18. The molecule has 20 heavy (non-hydrogen) atoms. The Morgan fingerprint density at radius 2 is 2.35 bits per heavy atom. The summed E-state index contributed by atoms with van der Waals surface area (Å²) in [5, 5.41) is 15.3. The molecule has 0 aliphatic carbocycles. The van der Waals surface area contributed by atoms with Crippen molar-refractivity contribution in [3.63, 3.8) is 0 Å². The first-order valence-electron chi connectivity index (χ1n) is 7.08. The molecule has 0 saturated carbocycles. The number of carbonyl (C=O) groups is 1. The zero-order valence-corrected chi connectivity index (χ0v) is 11.8. The van der Waals surface area contributed by atoms with E-state index in [4.69, 9.17) is 9.78 Å². The van der Waals surface area contributed by atoms with Crippen LogP contribution in [0.4, 0.5) is 0 Å². The van der Waals surface area contributed by atoms with Crippen LogP contribution in [0.15, 0.2) is 10.6 Å². The van der Waals surface area contributed by atoms with E-state index in [1.807, 2.05) is 6.92 Å². The number of hydrogen-bond acceptors (Lipinski definition) is 5. The SMILES string of the molecule is CC[C@H](CC#N)NC(=O)c1cc(CN2CCCC2)on1. The van der Waals surface area contributed by atoms with Crippen molar-refractivity contribution in [1.82, 2.24) is 15.4 Å². The average molecular weight is 276 g/mol. The summed E-state index contributed by atoms with van der Waals surface area (Å²) in [5.41, 5.74) is 0.288. The minimum atomic E-state index is -0.275. The Labute approximate surface area is 118 Å². The van der Waals surface area contributed by atoms with Gasteiger partial charge in [-0.1, -0.05) is 12.1 Å². The lowest BCUT2D eigenvalue weighted by Crippen LogP contribution is -2.34. The Morgan fingerprint density at radius 1 is 1.60 bits per heavy atom. The van der Waals surface area contributed by atoms with Crippen LogP contribution in [0.2, 0.25) is 0 Å². The summed E-state index contributed by atoms with van der Waals surface area (Å²) in [4.78, 5) is 14.3. The molecule has 6 heteroatoms. The minimum absolute atomic E-state index is 0.133. The van der Waals surface area contributed by atoms with Gasteiger partial charge in [0.1, 0.15) is 0 Å².